The molecule has 3 aliphatic rings. The van der Waals surface area contributed by atoms with Crippen LogP contribution in [0.1, 0.15) is 106 Å². The van der Waals surface area contributed by atoms with Crippen molar-refractivity contribution in [2.75, 3.05) is 13.1 Å². The van der Waals surface area contributed by atoms with Gasteiger partial charge >= 0.3 is 0 Å². The Bertz CT molecular complexity index is 789. The van der Waals surface area contributed by atoms with Crippen LogP contribution in [-0.2, 0) is 16.0 Å². The lowest BCUT2D eigenvalue weighted by molar-refractivity contribution is -0.130. The van der Waals surface area contributed by atoms with Gasteiger partial charge in [0.1, 0.15) is 5.82 Å². The maximum absolute atomic E-state index is 12.7. The Morgan fingerprint density at radius 1 is 0.938 bits per heavy atom. The van der Waals surface area contributed by atoms with Gasteiger partial charge in [-0.2, -0.15) is 0 Å². The molecule has 1 saturated heterocycles. The maximum Gasteiger partial charge on any atom is 0.224 e. The second-order valence-corrected chi connectivity index (χ2v) is 10.3. The number of carbonyl (C=O) groups excluding carboxylic acids is 2. The predicted octanol–water partition coefficient (Wildman–Crippen LogP) is 4.37. The van der Waals surface area contributed by atoms with Crippen molar-refractivity contribution in [3.8, 4) is 0 Å². The summed E-state index contributed by atoms with van der Waals surface area (Å²) in [5.74, 6) is 2.17. The molecule has 1 aromatic heterocycles. The van der Waals surface area contributed by atoms with Gasteiger partial charge in [-0.1, -0.05) is 44.9 Å². The molecule has 2 heterocycles. The predicted molar refractivity (Wildman–Crippen MR) is 125 cm³/mol. The summed E-state index contributed by atoms with van der Waals surface area (Å²) in [5, 5.41) is 3.20. The topological polar surface area (TPSA) is 75.2 Å². The minimum absolute atomic E-state index is 0.0827. The Hall–Kier alpha value is -1.98. The maximum atomic E-state index is 12.7. The summed E-state index contributed by atoms with van der Waals surface area (Å²) in [6.45, 7) is 5.51. The first kappa shape index (κ1) is 23.2. The van der Waals surface area contributed by atoms with Gasteiger partial charge in [0.05, 0.1) is 6.42 Å². The first-order chi connectivity index (χ1) is 15.5. The number of hydrogen-bond donors (Lipinski definition) is 1. The fourth-order valence-electron chi connectivity index (χ4n) is 5.87. The normalized spacial score (nSPS) is 22.4. The third-order valence-corrected chi connectivity index (χ3v) is 7.89. The third kappa shape index (κ3) is 5.87. The molecule has 0 bridgehead atoms. The van der Waals surface area contributed by atoms with Crippen LogP contribution in [-0.4, -0.2) is 45.8 Å². The molecular weight excluding hydrogens is 400 g/mol. The fourth-order valence-corrected chi connectivity index (χ4v) is 5.87. The average Bonchev–Trinajstić information content (AvgIpc) is 3.47. The second-order valence-electron chi connectivity index (χ2n) is 10.3. The largest absolute Gasteiger partial charge is 0.353 e. The van der Waals surface area contributed by atoms with Gasteiger partial charge < -0.3 is 10.2 Å². The molecule has 0 radical (unpaired) electrons. The number of amides is 2. The van der Waals surface area contributed by atoms with Gasteiger partial charge in [0.2, 0.25) is 11.8 Å². The van der Waals surface area contributed by atoms with Gasteiger partial charge in [-0.3, -0.25) is 9.59 Å². The van der Waals surface area contributed by atoms with Crippen LogP contribution in [0, 0.1) is 19.8 Å². The van der Waals surface area contributed by atoms with E-state index in [-0.39, 0.29) is 11.8 Å². The first-order valence-electron chi connectivity index (χ1n) is 12.9. The lowest BCUT2D eigenvalue weighted by Crippen LogP contribution is -2.37. The summed E-state index contributed by atoms with van der Waals surface area (Å²) in [6, 6.07) is 0.327. The van der Waals surface area contributed by atoms with E-state index in [2.05, 4.69) is 5.32 Å². The summed E-state index contributed by atoms with van der Waals surface area (Å²) in [4.78, 5) is 36.9. The lowest BCUT2D eigenvalue weighted by atomic mass is 9.95. The van der Waals surface area contributed by atoms with Gasteiger partial charge in [0.25, 0.3) is 0 Å². The number of nitrogens with zero attached hydrogens (tertiary/aromatic N) is 3. The molecule has 3 fully saturated rings. The van der Waals surface area contributed by atoms with Crippen LogP contribution in [0.25, 0.3) is 0 Å². The van der Waals surface area contributed by atoms with Crippen LogP contribution in [0.3, 0.4) is 0 Å². The molecule has 0 aromatic carbocycles. The monoisotopic (exact) mass is 440 g/mol. The highest BCUT2D eigenvalue weighted by atomic mass is 16.2. The van der Waals surface area contributed by atoms with E-state index >= 15 is 0 Å². The zero-order valence-corrected chi connectivity index (χ0v) is 20.0. The Kier molecular flexibility index (Phi) is 7.80. The molecule has 6 nitrogen and oxygen atoms in total. The number of carbonyl (C=O) groups is 2. The van der Waals surface area contributed by atoms with E-state index in [1.165, 1.54) is 44.9 Å². The number of likely N-dealkylation sites (tertiary alicyclic amines) is 1. The zero-order chi connectivity index (χ0) is 22.5. The van der Waals surface area contributed by atoms with Crippen molar-refractivity contribution in [3.05, 3.63) is 22.8 Å². The van der Waals surface area contributed by atoms with E-state index in [0.29, 0.717) is 24.8 Å². The van der Waals surface area contributed by atoms with E-state index in [1.54, 1.807) is 0 Å². The smallest absolute Gasteiger partial charge is 0.224 e. The SMILES string of the molecule is Cc1nc(C2CCN(C(=O)CCC3CCCC3)C2)nc(C)c1CC(=O)NC1CCCCC1. The second kappa shape index (κ2) is 10.8. The molecular formula is C26H40N4O2. The van der Waals surface area contributed by atoms with Crippen LogP contribution in [0.2, 0.25) is 0 Å². The Labute approximate surface area is 193 Å². The Morgan fingerprint density at radius 2 is 1.59 bits per heavy atom. The molecule has 0 spiro atoms. The number of rotatable bonds is 7. The third-order valence-electron chi connectivity index (χ3n) is 7.89. The molecule has 176 valence electrons. The highest BCUT2D eigenvalue weighted by Gasteiger charge is 2.30. The van der Waals surface area contributed by atoms with Crippen LogP contribution >= 0.6 is 0 Å². The van der Waals surface area contributed by atoms with Gasteiger partial charge in [0, 0.05) is 48.4 Å². The summed E-state index contributed by atoms with van der Waals surface area (Å²) >= 11 is 0. The molecule has 1 atom stereocenters. The Morgan fingerprint density at radius 3 is 2.28 bits per heavy atom. The number of nitrogens with one attached hydrogen (secondary N) is 1. The minimum atomic E-state index is 0.0827. The summed E-state index contributed by atoms with van der Waals surface area (Å²) in [7, 11) is 0. The summed E-state index contributed by atoms with van der Waals surface area (Å²) in [5.41, 5.74) is 2.75. The van der Waals surface area contributed by atoms with Crippen LogP contribution in [0.5, 0.6) is 0 Å². The van der Waals surface area contributed by atoms with Gasteiger partial charge in [-0.05, 0) is 45.4 Å². The van der Waals surface area contributed by atoms with E-state index in [9.17, 15) is 9.59 Å². The molecule has 1 N–H and O–H groups in total. The Balaban J connectivity index is 1.31. The summed E-state index contributed by atoms with van der Waals surface area (Å²) < 4.78 is 0. The lowest BCUT2D eigenvalue weighted by Gasteiger charge is -2.23. The highest BCUT2D eigenvalue weighted by molar-refractivity contribution is 5.79. The molecule has 6 heteroatoms. The molecule has 2 aliphatic carbocycles. The van der Waals surface area contributed by atoms with Crippen LogP contribution < -0.4 is 5.32 Å². The standard InChI is InChI=1S/C26H40N4O2/c1-18-23(16-24(31)29-22-10-4-3-5-11-22)19(2)28-26(27-18)21-14-15-30(17-21)25(32)13-12-20-8-6-7-9-20/h20-22H,3-17H2,1-2H3,(H,29,31). The van der Waals surface area contributed by atoms with Crippen molar-refractivity contribution in [1.82, 2.24) is 20.2 Å². The average molecular weight is 441 g/mol. The van der Waals surface area contributed by atoms with Crippen molar-refractivity contribution >= 4 is 11.8 Å². The van der Waals surface area contributed by atoms with Crippen molar-refractivity contribution in [1.29, 1.82) is 0 Å². The minimum Gasteiger partial charge on any atom is -0.353 e. The number of hydrogen-bond acceptors (Lipinski definition) is 4. The van der Waals surface area contributed by atoms with Crippen molar-refractivity contribution in [2.45, 2.75) is 109 Å². The van der Waals surface area contributed by atoms with Crippen molar-refractivity contribution in [3.63, 3.8) is 0 Å². The van der Waals surface area contributed by atoms with Gasteiger partial charge in [-0.15, -0.1) is 0 Å². The molecule has 1 unspecified atom stereocenters. The van der Waals surface area contributed by atoms with E-state index < -0.39 is 0 Å². The molecule has 1 aliphatic heterocycles. The fraction of sp³-hybridized carbons (Fsp3) is 0.769. The highest BCUT2D eigenvalue weighted by Crippen LogP contribution is 2.30. The molecule has 2 saturated carbocycles. The van der Waals surface area contributed by atoms with Crippen molar-refractivity contribution < 1.29 is 9.59 Å². The van der Waals surface area contributed by atoms with Crippen LogP contribution in [0.4, 0.5) is 0 Å². The summed E-state index contributed by atoms with van der Waals surface area (Å²) in [6.07, 6.45) is 14.2. The quantitative estimate of drug-likeness (QED) is 0.683. The molecule has 32 heavy (non-hydrogen) atoms. The van der Waals surface area contributed by atoms with E-state index in [0.717, 1.165) is 67.5 Å². The van der Waals surface area contributed by atoms with Gasteiger partial charge in [-0.25, -0.2) is 9.97 Å². The number of aromatic nitrogens is 2. The zero-order valence-electron chi connectivity index (χ0n) is 20.0. The number of aryl methyl sites for hydroxylation is 2. The molecule has 4 rings (SSSR count). The first-order valence-corrected chi connectivity index (χ1v) is 12.9. The molecule has 1 aromatic rings. The van der Waals surface area contributed by atoms with Crippen LogP contribution in [0.15, 0.2) is 0 Å². The van der Waals surface area contributed by atoms with Gasteiger partial charge in [0.15, 0.2) is 0 Å². The van der Waals surface area contributed by atoms with E-state index in [4.69, 9.17) is 9.97 Å². The van der Waals surface area contributed by atoms with Crippen molar-refractivity contribution in [2.24, 2.45) is 5.92 Å². The molecule has 2 amide bonds. The van der Waals surface area contributed by atoms with E-state index in [1.807, 2.05) is 18.7 Å².